The van der Waals surface area contributed by atoms with Gasteiger partial charge >= 0.3 is 0 Å². The number of aromatic nitrogens is 1. The molecule has 0 radical (unpaired) electrons. The minimum atomic E-state index is 0.963. The van der Waals surface area contributed by atoms with Crippen molar-refractivity contribution in [3.05, 3.63) is 60.2 Å². The van der Waals surface area contributed by atoms with Crippen molar-refractivity contribution in [2.24, 2.45) is 0 Å². The highest BCUT2D eigenvalue weighted by atomic mass is 14.8. The van der Waals surface area contributed by atoms with E-state index in [1.807, 2.05) is 48.7 Å². The van der Waals surface area contributed by atoms with Crippen molar-refractivity contribution in [3.8, 4) is 0 Å². The summed E-state index contributed by atoms with van der Waals surface area (Å²) in [5.74, 6) is 0. The molecule has 0 spiro atoms. The molecule has 0 unspecified atom stereocenters. The SMILES string of the molecule is C1=CN/C(=C\c2ccccn2)C=C1. The Bertz CT molecular complexity index is 361. The average Bonchev–Trinajstić information content (AvgIpc) is 2.21. The number of pyridine rings is 1. The van der Waals surface area contributed by atoms with Crippen LogP contribution in [-0.4, -0.2) is 4.98 Å². The van der Waals surface area contributed by atoms with Crippen LogP contribution in [0.1, 0.15) is 5.69 Å². The van der Waals surface area contributed by atoms with Crippen molar-refractivity contribution < 1.29 is 0 Å². The lowest BCUT2D eigenvalue weighted by Gasteiger charge is -2.04. The summed E-state index contributed by atoms with van der Waals surface area (Å²) < 4.78 is 0. The zero-order chi connectivity index (χ0) is 8.93. The van der Waals surface area contributed by atoms with Gasteiger partial charge in [0.15, 0.2) is 0 Å². The molecule has 0 amide bonds. The molecule has 0 bridgehead atoms. The smallest absolute Gasteiger partial charge is 0.0650 e. The van der Waals surface area contributed by atoms with E-state index in [1.165, 1.54) is 0 Å². The van der Waals surface area contributed by atoms with Gasteiger partial charge in [0, 0.05) is 18.1 Å². The van der Waals surface area contributed by atoms with Crippen molar-refractivity contribution in [2.45, 2.75) is 0 Å². The van der Waals surface area contributed by atoms with Gasteiger partial charge in [-0.25, -0.2) is 0 Å². The van der Waals surface area contributed by atoms with E-state index in [-0.39, 0.29) is 0 Å². The van der Waals surface area contributed by atoms with Crippen molar-refractivity contribution in [1.82, 2.24) is 10.3 Å². The number of nitrogens with zero attached hydrogens (tertiary/aromatic N) is 1. The Morgan fingerprint density at radius 3 is 2.92 bits per heavy atom. The first kappa shape index (κ1) is 7.80. The summed E-state index contributed by atoms with van der Waals surface area (Å²) in [4.78, 5) is 4.20. The molecule has 2 nitrogen and oxygen atoms in total. The van der Waals surface area contributed by atoms with Crippen molar-refractivity contribution in [1.29, 1.82) is 0 Å². The highest BCUT2D eigenvalue weighted by Crippen LogP contribution is 2.04. The van der Waals surface area contributed by atoms with Gasteiger partial charge in [0.25, 0.3) is 0 Å². The zero-order valence-corrected chi connectivity index (χ0v) is 7.14. The molecule has 1 aromatic heterocycles. The molecule has 0 saturated carbocycles. The zero-order valence-electron chi connectivity index (χ0n) is 7.14. The molecule has 0 atom stereocenters. The van der Waals surface area contributed by atoms with Gasteiger partial charge in [0.2, 0.25) is 0 Å². The van der Waals surface area contributed by atoms with Crippen LogP contribution in [0, 0.1) is 0 Å². The monoisotopic (exact) mass is 170 g/mol. The van der Waals surface area contributed by atoms with Gasteiger partial charge in [-0.05, 0) is 30.4 Å². The van der Waals surface area contributed by atoms with Crippen LogP contribution in [0.4, 0.5) is 0 Å². The number of hydrogen-bond acceptors (Lipinski definition) is 2. The average molecular weight is 170 g/mol. The van der Waals surface area contributed by atoms with Crippen LogP contribution >= 0.6 is 0 Å². The number of dihydropyridines is 1. The third-order valence-corrected chi connectivity index (χ3v) is 1.72. The standard InChI is InChI=1S/C11H10N2/c1-3-7-12-10(5-1)9-11-6-2-4-8-13-11/h1-9,12H/b10-9-. The number of allylic oxidation sites excluding steroid dienone is 3. The molecule has 2 rings (SSSR count). The van der Waals surface area contributed by atoms with E-state index >= 15 is 0 Å². The van der Waals surface area contributed by atoms with Gasteiger partial charge in [-0.1, -0.05) is 12.1 Å². The maximum Gasteiger partial charge on any atom is 0.0650 e. The van der Waals surface area contributed by atoms with E-state index in [0.29, 0.717) is 0 Å². The fraction of sp³-hybridized carbons (Fsp3) is 0. The number of hydrogen-bond donors (Lipinski definition) is 1. The van der Waals surface area contributed by atoms with Crippen LogP contribution in [0.15, 0.2) is 54.5 Å². The summed E-state index contributed by atoms with van der Waals surface area (Å²) >= 11 is 0. The minimum absolute atomic E-state index is 0.963. The van der Waals surface area contributed by atoms with Crippen LogP contribution in [0.25, 0.3) is 6.08 Å². The molecule has 0 aliphatic carbocycles. The highest BCUT2D eigenvalue weighted by Gasteiger charge is 1.92. The van der Waals surface area contributed by atoms with Gasteiger partial charge in [-0.15, -0.1) is 0 Å². The van der Waals surface area contributed by atoms with Gasteiger partial charge in [0.05, 0.1) is 5.69 Å². The molecule has 13 heavy (non-hydrogen) atoms. The second-order valence-corrected chi connectivity index (χ2v) is 2.72. The topological polar surface area (TPSA) is 24.9 Å². The summed E-state index contributed by atoms with van der Waals surface area (Å²) in [7, 11) is 0. The predicted molar refractivity (Wildman–Crippen MR) is 53.6 cm³/mol. The second-order valence-electron chi connectivity index (χ2n) is 2.72. The van der Waals surface area contributed by atoms with Crippen LogP contribution in [-0.2, 0) is 0 Å². The third kappa shape index (κ3) is 2.06. The molecule has 2 heterocycles. The molecule has 2 heteroatoms. The summed E-state index contributed by atoms with van der Waals surface area (Å²) in [5, 5.41) is 3.12. The lowest BCUT2D eigenvalue weighted by molar-refractivity contribution is 1.10. The Morgan fingerprint density at radius 2 is 2.23 bits per heavy atom. The van der Waals surface area contributed by atoms with Crippen molar-refractivity contribution in [2.75, 3.05) is 0 Å². The molecular formula is C11H10N2. The number of nitrogens with one attached hydrogen (secondary N) is 1. The van der Waals surface area contributed by atoms with Crippen molar-refractivity contribution in [3.63, 3.8) is 0 Å². The molecule has 1 aliphatic rings. The first-order valence-corrected chi connectivity index (χ1v) is 4.18. The molecule has 0 aromatic carbocycles. The fourth-order valence-electron chi connectivity index (χ4n) is 1.12. The fourth-order valence-corrected chi connectivity index (χ4v) is 1.12. The second kappa shape index (κ2) is 3.72. The van der Waals surface area contributed by atoms with E-state index in [2.05, 4.69) is 10.3 Å². The molecule has 1 N–H and O–H groups in total. The normalized spacial score (nSPS) is 17.4. The molecular weight excluding hydrogens is 160 g/mol. The first-order chi connectivity index (χ1) is 6.45. The highest BCUT2D eigenvalue weighted by molar-refractivity contribution is 5.53. The Balaban J connectivity index is 2.21. The number of rotatable bonds is 1. The minimum Gasteiger partial charge on any atom is -0.362 e. The van der Waals surface area contributed by atoms with E-state index in [0.717, 1.165) is 11.4 Å². The molecule has 0 fully saturated rings. The Labute approximate surface area is 77.3 Å². The summed E-state index contributed by atoms with van der Waals surface area (Å²) in [6.07, 6.45) is 11.6. The lowest BCUT2D eigenvalue weighted by Crippen LogP contribution is -2.04. The van der Waals surface area contributed by atoms with E-state index in [9.17, 15) is 0 Å². The quantitative estimate of drug-likeness (QED) is 0.698. The maximum atomic E-state index is 4.20. The molecule has 1 aromatic rings. The van der Waals surface area contributed by atoms with Crippen LogP contribution in [0.3, 0.4) is 0 Å². The van der Waals surface area contributed by atoms with Crippen LogP contribution < -0.4 is 5.32 Å². The van der Waals surface area contributed by atoms with Crippen LogP contribution in [0.5, 0.6) is 0 Å². The van der Waals surface area contributed by atoms with Crippen molar-refractivity contribution >= 4 is 6.08 Å². The van der Waals surface area contributed by atoms with Gasteiger partial charge in [-0.2, -0.15) is 0 Å². The molecule has 1 aliphatic heterocycles. The maximum absolute atomic E-state index is 4.20. The molecule has 64 valence electrons. The Hall–Kier alpha value is -1.83. The van der Waals surface area contributed by atoms with Gasteiger partial charge in [-0.3, -0.25) is 4.98 Å². The predicted octanol–water partition coefficient (Wildman–Crippen LogP) is 2.10. The van der Waals surface area contributed by atoms with E-state index in [4.69, 9.17) is 0 Å². The van der Waals surface area contributed by atoms with Gasteiger partial charge < -0.3 is 5.32 Å². The molecule has 0 saturated heterocycles. The summed E-state index contributed by atoms with van der Waals surface area (Å²) in [6.45, 7) is 0. The summed E-state index contributed by atoms with van der Waals surface area (Å²) in [6, 6.07) is 5.86. The first-order valence-electron chi connectivity index (χ1n) is 4.18. The van der Waals surface area contributed by atoms with E-state index in [1.54, 1.807) is 6.20 Å². The Morgan fingerprint density at radius 1 is 1.23 bits per heavy atom. The van der Waals surface area contributed by atoms with E-state index < -0.39 is 0 Å². The largest absolute Gasteiger partial charge is 0.362 e. The summed E-state index contributed by atoms with van der Waals surface area (Å²) in [5.41, 5.74) is 2.02. The van der Waals surface area contributed by atoms with Crippen LogP contribution in [0.2, 0.25) is 0 Å². The third-order valence-electron chi connectivity index (χ3n) is 1.72. The lowest BCUT2D eigenvalue weighted by atomic mass is 10.2. The van der Waals surface area contributed by atoms with Gasteiger partial charge in [0.1, 0.15) is 0 Å². The Kier molecular flexibility index (Phi) is 2.23.